The smallest absolute Gasteiger partial charge is 0.355 e. The van der Waals surface area contributed by atoms with Crippen LogP contribution in [0.2, 0.25) is 0 Å². The predicted molar refractivity (Wildman–Crippen MR) is 156 cm³/mol. The summed E-state index contributed by atoms with van der Waals surface area (Å²) in [6.07, 6.45) is 0. The fourth-order valence-corrected chi connectivity index (χ4v) is 4.81. The first-order chi connectivity index (χ1) is 18.8. The molecule has 0 unspecified atom stereocenters. The molecule has 208 valence electrons. The number of nitrogen functional groups attached to an aromatic ring is 1. The third kappa shape index (κ3) is 5.36. The molecule has 0 radical (unpaired) electrons. The summed E-state index contributed by atoms with van der Waals surface area (Å²) in [4.78, 5) is 27.5. The van der Waals surface area contributed by atoms with Gasteiger partial charge in [0.25, 0.3) is 5.56 Å². The number of nitriles is 1. The Labute approximate surface area is 244 Å². The lowest BCUT2D eigenvalue weighted by Gasteiger charge is -2.21. The molecule has 0 saturated carbocycles. The Morgan fingerprint density at radius 1 is 0.925 bits per heavy atom. The number of halogens is 2. The highest BCUT2D eigenvalue weighted by molar-refractivity contribution is 9.10. The van der Waals surface area contributed by atoms with Crippen LogP contribution in [0.25, 0.3) is 27.6 Å². The molecule has 3 aromatic carbocycles. The topological polar surface area (TPSA) is 135 Å². The largest absolute Gasteiger partial charge is 0.495 e. The summed E-state index contributed by atoms with van der Waals surface area (Å²) in [6.45, 7) is -0.262. The summed E-state index contributed by atoms with van der Waals surface area (Å²) in [5.41, 5.74) is 7.02. The van der Waals surface area contributed by atoms with Gasteiger partial charge in [-0.05, 0) is 70.0 Å². The van der Waals surface area contributed by atoms with E-state index >= 15 is 0 Å². The number of fused-ring (bicyclic) bond motifs is 1. The molecule has 40 heavy (non-hydrogen) atoms. The summed E-state index contributed by atoms with van der Waals surface area (Å²) in [6, 6.07) is 14.9. The molecule has 0 atom stereocenters. The van der Waals surface area contributed by atoms with Crippen LogP contribution in [0.4, 0.5) is 5.69 Å². The maximum absolute atomic E-state index is 14.1. The van der Waals surface area contributed by atoms with E-state index in [2.05, 4.69) is 15.9 Å². The molecular weight excluding hydrogens is 606 g/mol. The zero-order valence-corrected chi connectivity index (χ0v) is 24.3. The summed E-state index contributed by atoms with van der Waals surface area (Å²) in [7, 11) is 5.67. The van der Waals surface area contributed by atoms with Crippen LogP contribution >= 0.6 is 28.3 Å². The number of carbonyl (C=O) groups is 1. The zero-order valence-electron chi connectivity index (χ0n) is 21.9. The lowest BCUT2D eigenvalue weighted by atomic mass is 9.95. The van der Waals surface area contributed by atoms with Crippen LogP contribution in [-0.2, 0) is 4.74 Å². The van der Waals surface area contributed by atoms with Crippen molar-refractivity contribution in [2.24, 2.45) is 0 Å². The number of aromatic nitrogens is 1. The zero-order chi connectivity index (χ0) is 28.3. The van der Waals surface area contributed by atoms with Crippen molar-refractivity contribution in [2.75, 3.05) is 40.8 Å². The number of ether oxygens (including phenoxy) is 5. The molecule has 12 heteroatoms. The van der Waals surface area contributed by atoms with Crippen LogP contribution in [0.15, 0.2) is 57.8 Å². The lowest BCUT2D eigenvalue weighted by Crippen LogP contribution is -2.27. The van der Waals surface area contributed by atoms with E-state index in [0.29, 0.717) is 43.9 Å². The van der Waals surface area contributed by atoms with Gasteiger partial charge in [0.1, 0.15) is 27.7 Å². The van der Waals surface area contributed by atoms with Crippen molar-refractivity contribution in [1.82, 2.24) is 4.57 Å². The Hall–Kier alpha value is -4.40. The average molecular weight is 631 g/mol. The summed E-state index contributed by atoms with van der Waals surface area (Å²) in [5, 5.41) is 9.61. The van der Waals surface area contributed by atoms with Gasteiger partial charge in [0, 0.05) is 22.3 Å². The van der Waals surface area contributed by atoms with Crippen molar-refractivity contribution in [3.05, 3.63) is 69.1 Å². The summed E-state index contributed by atoms with van der Waals surface area (Å²) < 4.78 is 29.1. The number of hydrogen-bond acceptors (Lipinski definition) is 9. The molecular formula is C28H25BrClN3O7. The fourth-order valence-electron chi connectivity index (χ4n) is 4.25. The van der Waals surface area contributed by atoms with Crippen molar-refractivity contribution in [3.63, 3.8) is 0 Å². The predicted octanol–water partition coefficient (Wildman–Crippen LogP) is 5.14. The number of carbonyl (C=O) groups excluding carboxylic acids is 1. The molecule has 0 aliphatic rings. The van der Waals surface area contributed by atoms with E-state index < -0.39 is 11.5 Å². The Kier molecular flexibility index (Phi) is 9.52. The first-order valence-corrected chi connectivity index (χ1v) is 12.2. The Bertz CT molecular complexity index is 1660. The third-order valence-electron chi connectivity index (χ3n) is 6.02. The summed E-state index contributed by atoms with van der Waals surface area (Å²) in [5.74, 6) is 0.551. The first kappa shape index (κ1) is 30.1. The maximum Gasteiger partial charge on any atom is 0.355 e. The number of nitrogens with two attached hydrogens (primary N) is 1. The molecule has 0 fully saturated rings. The molecule has 4 rings (SSSR count). The van der Waals surface area contributed by atoms with Crippen LogP contribution in [0, 0.1) is 11.3 Å². The van der Waals surface area contributed by atoms with Gasteiger partial charge in [-0.15, -0.1) is 12.4 Å². The molecule has 0 aliphatic heterocycles. The second kappa shape index (κ2) is 12.6. The first-order valence-electron chi connectivity index (χ1n) is 11.5. The number of pyridine rings is 1. The number of anilines is 1. The molecule has 2 N–H and O–H groups in total. The number of hydrogen-bond donors (Lipinski definition) is 1. The van der Waals surface area contributed by atoms with Gasteiger partial charge in [0.2, 0.25) is 0 Å². The minimum absolute atomic E-state index is 0. The van der Waals surface area contributed by atoms with E-state index in [9.17, 15) is 9.59 Å². The van der Waals surface area contributed by atoms with E-state index in [1.54, 1.807) is 42.5 Å². The fraction of sp³-hybridized carbons (Fsp3) is 0.179. The Balaban J connectivity index is 0.00000441. The van der Waals surface area contributed by atoms with Crippen molar-refractivity contribution in [2.45, 2.75) is 0 Å². The normalized spacial score (nSPS) is 10.3. The second-order valence-electron chi connectivity index (χ2n) is 8.14. The van der Waals surface area contributed by atoms with E-state index in [-0.39, 0.29) is 41.6 Å². The van der Waals surface area contributed by atoms with Crippen LogP contribution < -0.4 is 30.2 Å². The van der Waals surface area contributed by atoms with Crippen molar-refractivity contribution in [3.8, 4) is 45.9 Å². The molecule has 0 spiro atoms. The van der Waals surface area contributed by atoms with Crippen molar-refractivity contribution in [1.29, 1.82) is 5.26 Å². The molecule has 0 aliphatic carbocycles. The Morgan fingerprint density at radius 3 is 2.02 bits per heavy atom. The van der Waals surface area contributed by atoms with E-state index in [1.165, 1.54) is 39.1 Å². The molecule has 10 nitrogen and oxygen atoms in total. The quantitative estimate of drug-likeness (QED) is 0.207. The molecule has 0 saturated heterocycles. The minimum atomic E-state index is -0.759. The highest BCUT2D eigenvalue weighted by Crippen LogP contribution is 2.43. The van der Waals surface area contributed by atoms with E-state index in [1.807, 2.05) is 6.07 Å². The van der Waals surface area contributed by atoms with Gasteiger partial charge in [-0.25, -0.2) is 4.79 Å². The van der Waals surface area contributed by atoms with Gasteiger partial charge in [0.15, 0.2) is 18.1 Å². The SMILES string of the molecule is COC(=O)c1c(-c2cc(OC)c(Br)c(OC)c2)c2cc(OC)c(OCC#N)cc2c(=O)n1-c1ccc(N)cc1.Cl. The van der Waals surface area contributed by atoms with E-state index in [4.69, 9.17) is 34.7 Å². The Morgan fingerprint density at radius 2 is 1.50 bits per heavy atom. The molecule has 1 aromatic heterocycles. The van der Waals surface area contributed by atoms with E-state index in [0.717, 1.165) is 0 Å². The van der Waals surface area contributed by atoms with Crippen molar-refractivity contribution >= 4 is 50.8 Å². The maximum atomic E-state index is 14.1. The summed E-state index contributed by atoms with van der Waals surface area (Å²) >= 11 is 3.47. The van der Waals surface area contributed by atoms with Gasteiger partial charge in [-0.1, -0.05) is 0 Å². The van der Waals surface area contributed by atoms with Gasteiger partial charge in [-0.2, -0.15) is 5.26 Å². The third-order valence-corrected chi connectivity index (χ3v) is 6.81. The molecule has 1 heterocycles. The van der Waals surface area contributed by atoms with Gasteiger partial charge in [0.05, 0.1) is 33.8 Å². The number of esters is 1. The minimum Gasteiger partial charge on any atom is -0.495 e. The number of nitrogens with zero attached hydrogens (tertiary/aromatic N) is 2. The van der Waals surface area contributed by atoms with Crippen molar-refractivity contribution < 1.29 is 28.5 Å². The van der Waals surface area contributed by atoms with Gasteiger partial charge >= 0.3 is 5.97 Å². The standard InChI is InChI=1S/C28H24BrN3O7.ClH/c1-35-20-13-18-19(14-21(20)39-10-9-30)27(33)32(17-7-5-16(31)6-8-17)26(28(34)38-4)24(18)15-11-22(36-2)25(29)23(12-15)37-3;/h5-8,11-14H,10,31H2,1-4H3;1H. The van der Waals surface area contributed by atoms with Gasteiger partial charge < -0.3 is 29.4 Å². The average Bonchev–Trinajstić information content (AvgIpc) is 2.96. The van der Waals surface area contributed by atoms with Gasteiger partial charge in [-0.3, -0.25) is 9.36 Å². The molecule has 0 bridgehead atoms. The second-order valence-corrected chi connectivity index (χ2v) is 8.93. The number of rotatable bonds is 8. The number of methoxy groups -OCH3 is 4. The monoisotopic (exact) mass is 629 g/mol. The van der Waals surface area contributed by atoms with Crippen LogP contribution in [0.5, 0.6) is 23.0 Å². The highest BCUT2D eigenvalue weighted by Gasteiger charge is 2.28. The van der Waals surface area contributed by atoms with Crippen LogP contribution in [0.1, 0.15) is 10.5 Å². The lowest BCUT2D eigenvalue weighted by molar-refractivity contribution is 0.0591. The highest BCUT2D eigenvalue weighted by atomic mass is 79.9. The molecule has 4 aromatic rings. The number of benzene rings is 3. The van der Waals surface area contributed by atoms with Crippen LogP contribution in [-0.4, -0.2) is 45.6 Å². The van der Waals surface area contributed by atoms with Crippen LogP contribution in [0.3, 0.4) is 0 Å². The molecule has 0 amide bonds.